The number of hydrogen-bond acceptors (Lipinski definition) is 6. The molecule has 0 fully saturated rings. The molecule has 0 bridgehead atoms. The van der Waals surface area contributed by atoms with Crippen LogP contribution < -0.4 is 10.2 Å². The first-order chi connectivity index (χ1) is 7.25. The number of rotatable bonds is 6. The van der Waals surface area contributed by atoms with Gasteiger partial charge in [0.05, 0.1) is 0 Å². The minimum absolute atomic E-state index is 0. The SMILES string of the molecule is CC(=O)CCC(=O)[O-].CC(=O)CCC(=O)[O-].[Cu+2]. The van der Waals surface area contributed by atoms with Gasteiger partial charge in [0.15, 0.2) is 0 Å². The number of aliphatic carboxylic acids is 2. The Labute approximate surface area is 110 Å². The fraction of sp³-hybridized carbons (Fsp3) is 0.600. The van der Waals surface area contributed by atoms with Crippen molar-refractivity contribution in [1.82, 2.24) is 0 Å². The quantitative estimate of drug-likeness (QED) is 0.534. The van der Waals surface area contributed by atoms with E-state index in [4.69, 9.17) is 0 Å². The second-order valence-electron chi connectivity index (χ2n) is 3.15. The summed E-state index contributed by atoms with van der Waals surface area (Å²) in [7, 11) is 0. The van der Waals surface area contributed by atoms with Gasteiger partial charge in [-0.05, 0) is 26.7 Å². The van der Waals surface area contributed by atoms with Crippen LogP contribution in [-0.4, -0.2) is 23.5 Å². The van der Waals surface area contributed by atoms with Gasteiger partial charge >= 0.3 is 17.1 Å². The molecule has 0 spiro atoms. The van der Waals surface area contributed by atoms with E-state index in [1.165, 1.54) is 13.8 Å². The normalized spacial score (nSPS) is 8.12. The summed E-state index contributed by atoms with van der Waals surface area (Å²) >= 11 is 0. The third-order valence-corrected chi connectivity index (χ3v) is 1.36. The van der Waals surface area contributed by atoms with Crippen molar-refractivity contribution >= 4 is 23.5 Å². The van der Waals surface area contributed by atoms with Crippen LogP contribution in [0.5, 0.6) is 0 Å². The van der Waals surface area contributed by atoms with Gasteiger partial charge < -0.3 is 29.4 Å². The number of Topliss-reactive ketones (excluding diaryl/α,β-unsaturated/α-hetero) is 2. The van der Waals surface area contributed by atoms with Gasteiger partial charge in [-0.2, -0.15) is 0 Å². The fourth-order valence-electron chi connectivity index (χ4n) is 0.556. The van der Waals surface area contributed by atoms with Crippen LogP contribution in [0.25, 0.3) is 0 Å². The second kappa shape index (κ2) is 12.9. The molecule has 1 radical (unpaired) electrons. The molecule has 0 aromatic heterocycles. The predicted octanol–water partition coefficient (Wildman–Crippen LogP) is -1.79. The maximum absolute atomic E-state index is 10.1. The standard InChI is InChI=1S/2C5H8O3.Cu/c2*1-4(6)2-3-5(7)8;/h2*2-3H2,1H3,(H,7,8);/q;;+2/p-2. The Morgan fingerprint density at radius 3 is 1.00 bits per heavy atom. The van der Waals surface area contributed by atoms with Crippen LogP contribution in [0.4, 0.5) is 0 Å². The Morgan fingerprint density at radius 1 is 0.706 bits per heavy atom. The molecule has 6 nitrogen and oxygen atoms in total. The van der Waals surface area contributed by atoms with Crippen LogP contribution in [0.3, 0.4) is 0 Å². The third-order valence-electron chi connectivity index (χ3n) is 1.36. The average Bonchev–Trinajstić information content (AvgIpc) is 2.12. The summed E-state index contributed by atoms with van der Waals surface area (Å²) in [5.74, 6) is -2.57. The van der Waals surface area contributed by atoms with Crippen LogP contribution in [0.2, 0.25) is 0 Å². The molecule has 0 N–H and O–H groups in total. The molecule has 0 unspecified atom stereocenters. The smallest absolute Gasteiger partial charge is 0.550 e. The number of carboxylic acids is 2. The number of carbonyl (C=O) groups is 4. The summed E-state index contributed by atoms with van der Waals surface area (Å²) < 4.78 is 0. The zero-order valence-corrected chi connectivity index (χ0v) is 10.5. The molecular weight excluding hydrogens is 280 g/mol. The minimum atomic E-state index is -1.17. The Bertz CT molecular complexity index is 218. The minimum Gasteiger partial charge on any atom is -0.550 e. The molecule has 0 aliphatic rings. The topological polar surface area (TPSA) is 114 Å². The van der Waals surface area contributed by atoms with Gasteiger partial charge in [0.25, 0.3) is 0 Å². The summed E-state index contributed by atoms with van der Waals surface area (Å²) in [6.45, 7) is 2.70. The summed E-state index contributed by atoms with van der Waals surface area (Å²) in [6, 6.07) is 0. The first-order valence-electron chi connectivity index (χ1n) is 4.64. The maximum Gasteiger partial charge on any atom is 2.00 e. The van der Waals surface area contributed by atoms with Crippen LogP contribution in [-0.2, 0) is 36.2 Å². The zero-order chi connectivity index (χ0) is 13.1. The van der Waals surface area contributed by atoms with Crippen molar-refractivity contribution in [3.8, 4) is 0 Å². The number of carbonyl (C=O) groups excluding carboxylic acids is 4. The van der Waals surface area contributed by atoms with Crippen molar-refractivity contribution in [2.75, 3.05) is 0 Å². The molecule has 17 heavy (non-hydrogen) atoms. The predicted molar refractivity (Wildman–Crippen MR) is 49.8 cm³/mol. The van der Waals surface area contributed by atoms with Crippen molar-refractivity contribution in [2.45, 2.75) is 39.5 Å². The van der Waals surface area contributed by atoms with Gasteiger partial charge in [0.1, 0.15) is 11.6 Å². The van der Waals surface area contributed by atoms with Crippen molar-refractivity contribution in [2.24, 2.45) is 0 Å². The van der Waals surface area contributed by atoms with Crippen molar-refractivity contribution < 1.29 is 46.5 Å². The molecule has 101 valence electrons. The second-order valence-corrected chi connectivity index (χ2v) is 3.15. The number of ketones is 2. The summed E-state index contributed by atoms with van der Waals surface area (Å²) in [4.78, 5) is 39.4. The molecule has 0 aromatic rings. The zero-order valence-electron chi connectivity index (χ0n) is 9.58. The van der Waals surface area contributed by atoms with E-state index in [-0.39, 0.29) is 54.3 Å². The van der Waals surface area contributed by atoms with Gasteiger partial charge in [-0.1, -0.05) is 0 Å². The molecule has 0 aliphatic heterocycles. The molecule has 0 saturated heterocycles. The molecule has 7 heteroatoms. The van der Waals surface area contributed by atoms with E-state index in [2.05, 4.69) is 0 Å². The van der Waals surface area contributed by atoms with Gasteiger partial charge in [-0.25, -0.2) is 0 Å². The van der Waals surface area contributed by atoms with Gasteiger partial charge in [0, 0.05) is 24.8 Å². The van der Waals surface area contributed by atoms with Crippen LogP contribution in [0.1, 0.15) is 39.5 Å². The first-order valence-corrected chi connectivity index (χ1v) is 4.64. The third kappa shape index (κ3) is 31.3. The first kappa shape index (κ1) is 21.1. The van der Waals surface area contributed by atoms with E-state index >= 15 is 0 Å². The maximum atomic E-state index is 10.1. The van der Waals surface area contributed by atoms with Gasteiger partial charge in [0.2, 0.25) is 0 Å². The molecule has 0 aliphatic carbocycles. The van der Waals surface area contributed by atoms with E-state index in [1.54, 1.807) is 0 Å². The largest absolute Gasteiger partial charge is 2.00 e. The van der Waals surface area contributed by atoms with Gasteiger partial charge in [-0.3, -0.25) is 0 Å². The van der Waals surface area contributed by atoms with E-state index in [9.17, 15) is 29.4 Å². The molecule has 0 rings (SSSR count). The average molecular weight is 294 g/mol. The van der Waals surface area contributed by atoms with E-state index < -0.39 is 11.9 Å². The Balaban J connectivity index is -0.000000218. The summed E-state index contributed by atoms with van der Waals surface area (Å²) in [5, 5.41) is 19.3. The molecule has 0 amide bonds. The van der Waals surface area contributed by atoms with E-state index in [1.807, 2.05) is 0 Å². The van der Waals surface area contributed by atoms with Gasteiger partial charge in [-0.15, -0.1) is 0 Å². The van der Waals surface area contributed by atoms with Crippen molar-refractivity contribution in [3.63, 3.8) is 0 Å². The van der Waals surface area contributed by atoms with Crippen LogP contribution in [0, 0.1) is 0 Å². The number of carboxylic acid groups (broad SMARTS) is 2. The molecule has 0 heterocycles. The van der Waals surface area contributed by atoms with E-state index in [0.717, 1.165) is 0 Å². The fourth-order valence-corrected chi connectivity index (χ4v) is 0.556. The van der Waals surface area contributed by atoms with Crippen LogP contribution in [0.15, 0.2) is 0 Å². The van der Waals surface area contributed by atoms with Crippen molar-refractivity contribution in [3.05, 3.63) is 0 Å². The molecule has 0 aromatic carbocycles. The van der Waals surface area contributed by atoms with Crippen LogP contribution >= 0.6 is 0 Å². The molecular formula is C10H14CuO6. The monoisotopic (exact) mass is 293 g/mol. The Kier molecular flexibility index (Phi) is 16.0. The summed E-state index contributed by atoms with van der Waals surface area (Å²) in [5.41, 5.74) is 0. The van der Waals surface area contributed by atoms with E-state index in [0.29, 0.717) is 0 Å². The molecule has 0 saturated carbocycles. The Hall–Kier alpha value is -1.20. The number of hydrogen-bond donors (Lipinski definition) is 0. The molecule has 0 atom stereocenters. The summed E-state index contributed by atoms with van der Waals surface area (Å²) in [6.07, 6.45) is -0.144. The Morgan fingerprint density at radius 2 is 0.941 bits per heavy atom. The van der Waals surface area contributed by atoms with Crippen molar-refractivity contribution in [1.29, 1.82) is 0 Å².